The van der Waals surface area contributed by atoms with Crippen LogP contribution in [-0.2, 0) is 28.4 Å². The quantitative estimate of drug-likeness (QED) is 0.164. The molecule has 2 fully saturated rings. The Hall–Kier alpha value is -4.61. The molecule has 0 radical (unpaired) electrons. The zero-order valence-electron chi connectivity index (χ0n) is 33.2. The Morgan fingerprint density at radius 1 is 0.855 bits per heavy atom. The van der Waals surface area contributed by atoms with E-state index in [0.717, 1.165) is 10.4 Å². The first kappa shape index (κ1) is 41.5. The number of hydrogen-bond donors (Lipinski definition) is 3. The van der Waals surface area contributed by atoms with E-state index in [0.29, 0.717) is 57.1 Å². The first-order chi connectivity index (χ1) is 26.2. The number of hydrogen-bond acceptors (Lipinski definition) is 6. The van der Waals surface area contributed by atoms with E-state index < -0.39 is 49.9 Å². The largest absolute Gasteiger partial charge is 0.398 e. The Morgan fingerprint density at radius 2 is 1.44 bits per heavy atom. The van der Waals surface area contributed by atoms with Crippen molar-refractivity contribution >= 4 is 48.1 Å². The SMILES string of the molecule is CC[C@]1(C)NC(=O)[C@H](CCCCCC(=O)[C@H](C)O[Si](c2ccccc2)(c2ccccc2)C(C)(C)C)NC(=O)[C@H]2CCCN2C(=O)[C@H](c2ccccc2)NC1=O. The number of nitrogens with zero attached hydrogens (tertiary/aromatic N) is 1. The molecule has 5 rings (SSSR count). The number of fused-ring (bicyclic) bond motifs is 1. The predicted molar refractivity (Wildman–Crippen MR) is 217 cm³/mol. The molecule has 0 aromatic heterocycles. The van der Waals surface area contributed by atoms with Crippen molar-refractivity contribution in [3.8, 4) is 0 Å². The van der Waals surface area contributed by atoms with Crippen LogP contribution in [0.5, 0.6) is 0 Å². The molecule has 2 aliphatic rings. The molecule has 0 aliphatic carbocycles. The fraction of sp³-hybridized carbons (Fsp3) is 0.477. The van der Waals surface area contributed by atoms with Gasteiger partial charge in [0.1, 0.15) is 29.8 Å². The summed E-state index contributed by atoms with van der Waals surface area (Å²) in [5.41, 5.74) is -0.723. The molecular weight excluding hydrogens is 709 g/mol. The van der Waals surface area contributed by atoms with E-state index in [4.69, 9.17) is 4.43 Å². The molecule has 0 spiro atoms. The molecule has 2 aliphatic heterocycles. The number of unbranched alkanes of at least 4 members (excludes halogenated alkanes) is 2. The fourth-order valence-electron chi connectivity index (χ4n) is 7.94. The van der Waals surface area contributed by atoms with Crippen LogP contribution in [0.1, 0.15) is 105 Å². The van der Waals surface area contributed by atoms with Crippen LogP contribution in [0.3, 0.4) is 0 Å². The molecule has 10 nitrogen and oxygen atoms in total. The lowest BCUT2D eigenvalue weighted by molar-refractivity contribution is -0.145. The van der Waals surface area contributed by atoms with E-state index in [1.165, 1.54) is 4.90 Å². The van der Waals surface area contributed by atoms with E-state index in [9.17, 15) is 24.0 Å². The molecule has 0 unspecified atom stereocenters. The summed E-state index contributed by atoms with van der Waals surface area (Å²) in [6, 6.07) is 26.8. The smallest absolute Gasteiger partial charge is 0.262 e. The molecule has 0 bridgehead atoms. The number of rotatable bonds is 13. The van der Waals surface area contributed by atoms with Gasteiger partial charge in [-0.15, -0.1) is 0 Å². The number of carbonyl (C=O) groups is 5. The van der Waals surface area contributed by atoms with E-state index in [1.54, 1.807) is 38.1 Å². The van der Waals surface area contributed by atoms with Gasteiger partial charge in [0, 0.05) is 13.0 Å². The summed E-state index contributed by atoms with van der Waals surface area (Å²) < 4.78 is 7.02. The maximum Gasteiger partial charge on any atom is 0.262 e. The zero-order chi connectivity index (χ0) is 39.8. The highest BCUT2D eigenvalue weighted by molar-refractivity contribution is 6.99. The normalized spacial score (nSPS) is 23.1. The molecule has 11 heteroatoms. The Bertz CT molecular complexity index is 1760. The second-order valence-electron chi connectivity index (χ2n) is 16.2. The maximum absolute atomic E-state index is 14.0. The van der Waals surface area contributed by atoms with Crippen molar-refractivity contribution in [3.05, 3.63) is 96.6 Å². The summed E-state index contributed by atoms with van der Waals surface area (Å²) in [7, 11) is -2.90. The molecule has 5 atom stereocenters. The van der Waals surface area contributed by atoms with Crippen LogP contribution in [0.15, 0.2) is 91.0 Å². The highest BCUT2D eigenvalue weighted by atomic mass is 28.4. The Morgan fingerprint density at radius 3 is 2.00 bits per heavy atom. The molecule has 55 heavy (non-hydrogen) atoms. The molecule has 2 saturated heterocycles. The van der Waals surface area contributed by atoms with E-state index in [2.05, 4.69) is 61.0 Å². The van der Waals surface area contributed by atoms with Crippen LogP contribution < -0.4 is 26.3 Å². The van der Waals surface area contributed by atoms with E-state index >= 15 is 0 Å². The van der Waals surface area contributed by atoms with E-state index in [-0.39, 0.29) is 29.1 Å². The molecular formula is C44H58N4O6Si. The van der Waals surface area contributed by atoms with Crippen molar-refractivity contribution in [1.29, 1.82) is 0 Å². The van der Waals surface area contributed by atoms with Gasteiger partial charge < -0.3 is 25.3 Å². The second kappa shape index (κ2) is 17.9. The number of benzene rings is 3. The van der Waals surface area contributed by atoms with Gasteiger partial charge in [-0.05, 0) is 66.9 Å². The van der Waals surface area contributed by atoms with Crippen molar-refractivity contribution < 1.29 is 28.4 Å². The lowest BCUT2D eigenvalue weighted by Gasteiger charge is -2.44. The molecule has 3 aromatic carbocycles. The van der Waals surface area contributed by atoms with Gasteiger partial charge in [0.05, 0.1) is 0 Å². The lowest BCUT2D eigenvalue weighted by Crippen LogP contribution is -2.68. The van der Waals surface area contributed by atoms with Gasteiger partial charge in [-0.25, -0.2) is 0 Å². The van der Waals surface area contributed by atoms with Gasteiger partial charge in [-0.2, -0.15) is 0 Å². The fourth-order valence-corrected chi connectivity index (χ4v) is 12.6. The van der Waals surface area contributed by atoms with Gasteiger partial charge in [-0.3, -0.25) is 24.0 Å². The summed E-state index contributed by atoms with van der Waals surface area (Å²) in [6.45, 7) is 12.2. The molecule has 294 valence electrons. The highest BCUT2D eigenvalue weighted by Gasteiger charge is 2.51. The minimum Gasteiger partial charge on any atom is -0.398 e. The molecule has 2 heterocycles. The van der Waals surface area contributed by atoms with Crippen molar-refractivity contribution in [2.45, 2.75) is 128 Å². The first-order valence-corrected chi connectivity index (χ1v) is 21.7. The summed E-state index contributed by atoms with van der Waals surface area (Å²) in [5, 5.41) is 10.7. The number of nitrogens with one attached hydrogen (secondary N) is 3. The minimum absolute atomic E-state index is 0.0227. The van der Waals surface area contributed by atoms with Crippen LogP contribution in [0.25, 0.3) is 0 Å². The van der Waals surface area contributed by atoms with Gasteiger partial charge in [0.25, 0.3) is 8.32 Å². The Labute approximate surface area is 327 Å². The lowest BCUT2D eigenvalue weighted by atomic mass is 9.94. The van der Waals surface area contributed by atoms with Crippen molar-refractivity contribution in [3.63, 3.8) is 0 Å². The van der Waals surface area contributed by atoms with Gasteiger partial charge in [0.15, 0.2) is 5.78 Å². The van der Waals surface area contributed by atoms with Gasteiger partial charge in [0.2, 0.25) is 23.6 Å². The topological polar surface area (TPSA) is 134 Å². The summed E-state index contributed by atoms with van der Waals surface area (Å²) in [5.74, 6) is -1.64. The van der Waals surface area contributed by atoms with Crippen LogP contribution in [0.2, 0.25) is 5.04 Å². The third-order valence-corrected chi connectivity index (χ3v) is 16.5. The summed E-state index contributed by atoms with van der Waals surface area (Å²) in [4.78, 5) is 70.7. The highest BCUT2D eigenvalue weighted by Crippen LogP contribution is 2.38. The van der Waals surface area contributed by atoms with Gasteiger partial charge >= 0.3 is 0 Å². The van der Waals surface area contributed by atoms with Crippen LogP contribution in [0.4, 0.5) is 0 Å². The van der Waals surface area contributed by atoms with Gasteiger partial charge in [-0.1, -0.05) is 132 Å². The molecule has 4 amide bonds. The Balaban J connectivity index is 1.26. The second-order valence-corrected chi connectivity index (χ2v) is 20.5. The average molecular weight is 767 g/mol. The maximum atomic E-state index is 14.0. The number of carbonyl (C=O) groups excluding carboxylic acids is 5. The summed E-state index contributed by atoms with van der Waals surface area (Å²) in [6.07, 6.45) is 3.18. The van der Waals surface area contributed by atoms with E-state index in [1.807, 2.05) is 49.4 Å². The third-order valence-electron chi connectivity index (χ3n) is 11.4. The standard InChI is InChI=1S/C44H58N4O6Si/c1-7-44(6)42(53)46-38(32-21-12-8-13-22-32)41(52)48-30-20-28-36(48)40(51)45-35(39(50)47-44)27-18-11-19-29-37(49)31(2)54-55(43(3,4)5,33-23-14-9-15-24-33)34-25-16-10-17-26-34/h8-10,12-17,21-26,31,35-36,38H,7,11,18-20,27-30H2,1-6H3,(H,45,51)(H,46,53)(H,47,50)/t31-,35-,36+,38-,44-/m0/s1. The van der Waals surface area contributed by atoms with Crippen LogP contribution >= 0.6 is 0 Å². The first-order valence-electron chi connectivity index (χ1n) is 19.8. The van der Waals surface area contributed by atoms with Crippen molar-refractivity contribution in [2.75, 3.05) is 6.54 Å². The van der Waals surface area contributed by atoms with Crippen LogP contribution in [-0.4, -0.2) is 72.9 Å². The number of ketones is 1. The minimum atomic E-state index is -2.90. The average Bonchev–Trinajstić information content (AvgIpc) is 3.68. The summed E-state index contributed by atoms with van der Waals surface area (Å²) >= 11 is 0. The molecule has 0 saturated carbocycles. The molecule has 3 aromatic rings. The number of Topliss-reactive ketones (excluding diaryl/α,β-unsaturated/α-hetero) is 1. The zero-order valence-corrected chi connectivity index (χ0v) is 34.2. The molecule has 3 N–H and O–H groups in total. The third kappa shape index (κ3) is 9.27. The number of amides is 4. The monoisotopic (exact) mass is 766 g/mol. The van der Waals surface area contributed by atoms with Crippen molar-refractivity contribution in [2.24, 2.45) is 0 Å². The Kier molecular flexibility index (Phi) is 13.5. The van der Waals surface area contributed by atoms with Crippen LogP contribution in [0, 0.1) is 0 Å². The predicted octanol–water partition coefficient (Wildman–Crippen LogP) is 5.10. The van der Waals surface area contributed by atoms with Crippen molar-refractivity contribution in [1.82, 2.24) is 20.9 Å².